The SMILES string of the molecule is FC(F)Oc1cc(-c2c(Cl)cc(Cl)cc2Cl)cc(C(F)(F)F)c1. The number of ether oxygens (including phenoxy) is 1. The summed E-state index contributed by atoms with van der Waals surface area (Å²) in [5, 5.41) is 0.134. The van der Waals surface area contributed by atoms with E-state index in [2.05, 4.69) is 4.74 Å². The highest BCUT2D eigenvalue weighted by Crippen LogP contribution is 2.41. The van der Waals surface area contributed by atoms with Gasteiger partial charge in [-0.25, -0.2) is 0 Å². The summed E-state index contributed by atoms with van der Waals surface area (Å²) >= 11 is 17.7. The Kier molecular flexibility index (Phi) is 5.28. The van der Waals surface area contributed by atoms with Crippen molar-refractivity contribution in [3.63, 3.8) is 0 Å². The minimum absolute atomic E-state index is 0.0233. The van der Waals surface area contributed by atoms with Crippen molar-refractivity contribution in [1.29, 1.82) is 0 Å². The van der Waals surface area contributed by atoms with Gasteiger partial charge in [-0.1, -0.05) is 34.8 Å². The molecular weight excluding hydrogens is 386 g/mol. The molecule has 0 fully saturated rings. The van der Waals surface area contributed by atoms with Gasteiger partial charge in [0.1, 0.15) is 5.75 Å². The summed E-state index contributed by atoms with van der Waals surface area (Å²) in [5.41, 5.74) is -1.27. The first-order valence-electron chi connectivity index (χ1n) is 5.90. The van der Waals surface area contributed by atoms with Gasteiger partial charge in [0.25, 0.3) is 0 Å². The fourth-order valence-corrected chi connectivity index (χ4v) is 2.93. The normalized spacial score (nSPS) is 11.9. The Morgan fingerprint density at radius 2 is 1.43 bits per heavy atom. The van der Waals surface area contributed by atoms with Crippen LogP contribution >= 0.6 is 34.8 Å². The molecular formula is C14H6Cl3F5O. The molecule has 0 aliphatic heterocycles. The Balaban J connectivity index is 2.67. The van der Waals surface area contributed by atoms with Gasteiger partial charge in [0.15, 0.2) is 0 Å². The summed E-state index contributed by atoms with van der Waals surface area (Å²) in [6, 6.07) is 4.74. The summed E-state index contributed by atoms with van der Waals surface area (Å²) in [5.74, 6) is -0.660. The van der Waals surface area contributed by atoms with Gasteiger partial charge in [-0.2, -0.15) is 22.0 Å². The van der Waals surface area contributed by atoms with E-state index >= 15 is 0 Å². The average Bonchev–Trinajstić information content (AvgIpc) is 2.35. The third-order valence-electron chi connectivity index (χ3n) is 2.75. The van der Waals surface area contributed by atoms with Gasteiger partial charge >= 0.3 is 12.8 Å². The predicted octanol–water partition coefficient (Wildman–Crippen LogP) is 6.93. The van der Waals surface area contributed by atoms with E-state index in [0.717, 1.165) is 12.1 Å². The van der Waals surface area contributed by atoms with Gasteiger partial charge < -0.3 is 4.74 Å². The third-order valence-corrected chi connectivity index (χ3v) is 3.57. The van der Waals surface area contributed by atoms with Crippen molar-refractivity contribution in [3.8, 4) is 16.9 Å². The molecule has 9 heteroatoms. The van der Waals surface area contributed by atoms with Crippen molar-refractivity contribution < 1.29 is 26.7 Å². The molecule has 0 saturated heterocycles. The maximum absolute atomic E-state index is 12.9. The molecule has 0 spiro atoms. The van der Waals surface area contributed by atoms with E-state index in [1.54, 1.807) is 0 Å². The van der Waals surface area contributed by atoms with Crippen molar-refractivity contribution in [1.82, 2.24) is 0 Å². The average molecular weight is 392 g/mol. The van der Waals surface area contributed by atoms with Crippen LogP contribution in [0.1, 0.15) is 5.56 Å². The van der Waals surface area contributed by atoms with Gasteiger partial charge in [-0.3, -0.25) is 0 Å². The fourth-order valence-electron chi connectivity index (χ4n) is 1.90. The van der Waals surface area contributed by atoms with Crippen molar-refractivity contribution >= 4 is 34.8 Å². The minimum Gasteiger partial charge on any atom is -0.435 e. The number of halogens is 8. The molecule has 0 saturated carbocycles. The van der Waals surface area contributed by atoms with Crippen LogP contribution in [0.15, 0.2) is 30.3 Å². The molecule has 2 aromatic carbocycles. The first kappa shape index (κ1) is 18.1. The predicted molar refractivity (Wildman–Crippen MR) is 78.5 cm³/mol. The lowest BCUT2D eigenvalue weighted by molar-refractivity contribution is -0.138. The maximum Gasteiger partial charge on any atom is 0.416 e. The van der Waals surface area contributed by atoms with E-state index in [0.29, 0.717) is 6.07 Å². The van der Waals surface area contributed by atoms with Crippen molar-refractivity contribution in [3.05, 3.63) is 51.0 Å². The highest BCUT2D eigenvalue weighted by atomic mass is 35.5. The van der Waals surface area contributed by atoms with Gasteiger partial charge in [0.2, 0.25) is 0 Å². The Morgan fingerprint density at radius 1 is 0.870 bits per heavy atom. The molecule has 0 aliphatic rings. The van der Waals surface area contributed by atoms with Crippen LogP contribution in [-0.4, -0.2) is 6.61 Å². The molecule has 0 aromatic heterocycles. The van der Waals surface area contributed by atoms with E-state index in [1.807, 2.05) is 0 Å². The molecule has 0 amide bonds. The first-order valence-corrected chi connectivity index (χ1v) is 7.03. The molecule has 0 unspecified atom stereocenters. The molecule has 23 heavy (non-hydrogen) atoms. The molecule has 0 atom stereocenters. The van der Waals surface area contributed by atoms with Gasteiger partial charge in [0, 0.05) is 10.6 Å². The molecule has 0 radical (unpaired) electrons. The summed E-state index contributed by atoms with van der Waals surface area (Å²) in [4.78, 5) is 0. The lowest BCUT2D eigenvalue weighted by atomic mass is 10.0. The van der Waals surface area contributed by atoms with E-state index < -0.39 is 24.1 Å². The standard InChI is InChI=1S/C14H6Cl3F5O/c15-8-4-10(16)12(11(17)5-8)6-1-7(14(20,21)22)3-9(2-6)23-13(18)19/h1-5,13H. The second kappa shape index (κ2) is 6.71. The molecule has 0 bridgehead atoms. The van der Waals surface area contributed by atoms with Crippen LogP contribution in [0.3, 0.4) is 0 Å². The van der Waals surface area contributed by atoms with Crippen LogP contribution in [0.25, 0.3) is 11.1 Å². The molecule has 124 valence electrons. The van der Waals surface area contributed by atoms with Gasteiger partial charge in [0.05, 0.1) is 15.6 Å². The monoisotopic (exact) mass is 390 g/mol. The van der Waals surface area contributed by atoms with Crippen LogP contribution in [0.2, 0.25) is 15.1 Å². The number of hydrogen-bond acceptors (Lipinski definition) is 1. The molecule has 0 aliphatic carbocycles. The largest absolute Gasteiger partial charge is 0.435 e. The van der Waals surface area contributed by atoms with E-state index in [9.17, 15) is 22.0 Å². The molecule has 2 aromatic rings. The second-order valence-electron chi connectivity index (χ2n) is 4.37. The Labute approximate surface area is 142 Å². The zero-order valence-corrected chi connectivity index (χ0v) is 13.2. The van der Waals surface area contributed by atoms with E-state index in [-0.39, 0.29) is 26.2 Å². The lowest BCUT2D eigenvalue weighted by Crippen LogP contribution is -2.08. The van der Waals surface area contributed by atoms with Gasteiger partial charge in [-0.05, 0) is 35.9 Å². The first-order chi connectivity index (χ1) is 10.6. The summed E-state index contributed by atoms with van der Waals surface area (Å²) in [7, 11) is 0. The van der Waals surface area contributed by atoms with Gasteiger partial charge in [-0.15, -0.1) is 0 Å². The number of rotatable bonds is 3. The summed E-state index contributed by atoms with van der Waals surface area (Å²) in [6.07, 6.45) is -4.76. The topological polar surface area (TPSA) is 9.23 Å². The third kappa shape index (κ3) is 4.40. The highest BCUT2D eigenvalue weighted by Gasteiger charge is 2.32. The zero-order valence-electron chi connectivity index (χ0n) is 10.9. The number of hydrogen-bond donors (Lipinski definition) is 0. The van der Waals surface area contributed by atoms with Crippen LogP contribution in [-0.2, 0) is 6.18 Å². The second-order valence-corrected chi connectivity index (χ2v) is 5.62. The Hall–Kier alpha value is -1.24. The summed E-state index contributed by atoms with van der Waals surface area (Å²) < 4.78 is 67.5. The van der Waals surface area contributed by atoms with Crippen LogP contribution in [0, 0.1) is 0 Å². The molecule has 2 rings (SSSR count). The number of alkyl halides is 5. The van der Waals surface area contributed by atoms with Crippen molar-refractivity contribution in [2.75, 3.05) is 0 Å². The summed E-state index contributed by atoms with van der Waals surface area (Å²) in [6.45, 7) is -3.28. The van der Waals surface area contributed by atoms with Crippen LogP contribution in [0.4, 0.5) is 22.0 Å². The Bertz CT molecular complexity index is 708. The lowest BCUT2D eigenvalue weighted by Gasteiger charge is -2.14. The fraction of sp³-hybridized carbons (Fsp3) is 0.143. The highest BCUT2D eigenvalue weighted by molar-refractivity contribution is 6.41. The van der Waals surface area contributed by atoms with E-state index in [4.69, 9.17) is 34.8 Å². The van der Waals surface area contributed by atoms with Crippen molar-refractivity contribution in [2.24, 2.45) is 0 Å². The zero-order chi connectivity index (χ0) is 17.4. The number of benzene rings is 2. The minimum atomic E-state index is -4.76. The van der Waals surface area contributed by atoms with Crippen LogP contribution < -0.4 is 4.74 Å². The smallest absolute Gasteiger partial charge is 0.416 e. The quantitative estimate of drug-likeness (QED) is 0.515. The Morgan fingerprint density at radius 3 is 1.91 bits per heavy atom. The molecule has 0 heterocycles. The van der Waals surface area contributed by atoms with E-state index in [1.165, 1.54) is 12.1 Å². The van der Waals surface area contributed by atoms with Crippen LogP contribution in [0.5, 0.6) is 5.75 Å². The molecule has 1 nitrogen and oxygen atoms in total. The maximum atomic E-state index is 12.9. The molecule has 0 N–H and O–H groups in total. The van der Waals surface area contributed by atoms with Crippen molar-refractivity contribution in [2.45, 2.75) is 12.8 Å².